The zero-order chi connectivity index (χ0) is 20.2. The zero-order valence-electron chi connectivity index (χ0n) is 15.9. The first-order chi connectivity index (χ1) is 13.4. The molecule has 0 aromatic heterocycles. The molecule has 5 heteroatoms. The van der Waals surface area contributed by atoms with Crippen LogP contribution in [0.2, 0.25) is 0 Å². The molecule has 3 aromatic carbocycles. The summed E-state index contributed by atoms with van der Waals surface area (Å²) in [4.78, 5) is 13.2. The van der Waals surface area contributed by atoms with Crippen LogP contribution in [0.5, 0.6) is 0 Å². The molecule has 0 saturated carbocycles. The molecule has 1 N–H and O–H groups in total. The molecule has 4 nitrogen and oxygen atoms in total. The van der Waals surface area contributed by atoms with Gasteiger partial charge in [0.2, 0.25) is 0 Å². The summed E-state index contributed by atoms with van der Waals surface area (Å²) >= 11 is 0. The zero-order valence-corrected chi connectivity index (χ0v) is 16.7. The van der Waals surface area contributed by atoms with Crippen molar-refractivity contribution in [2.75, 3.05) is 5.75 Å². The lowest BCUT2D eigenvalue weighted by atomic mass is 9.84. The first-order valence-corrected chi connectivity index (χ1v) is 10.8. The van der Waals surface area contributed by atoms with E-state index in [0.29, 0.717) is 5.56 Å². The van der Waals surface area contributed by atoms with Gasteiger partial charge >= 0.3 is 0 Å². The number of sulfone groups is 1. The maximum absolute atomic E-state index is 13.0. The monoisotopic (exact) mass is 393 g/mol. The van der Waals surface area contributed by atoms with E-state index in [0.717, 1.165) is 11.1 Å². The van der Waals surface area contributed by atoms with Crippen LogP contribution in [0, 0.1) is 0 Å². The van der Waals surface area contributed by atoms with E-state index in [1.807, 2.05) is 67.6 Å². The Balaban J connectivity index is 1.95. The summed E-state index contributed by atoms with van der Waals surface area (Å²) in [5.41, 5.74) is 1.60. The van der Waals surface area contributed by atoms with Crippen LogP contribution in [-0.2, 0) is 15.4 Å². The van der Waals surface area contributed by atoms with E-state index in [4.69, 9.17) is 0 Å². The number of amides is 1. The number of carbonyl (C=O) groups excluding carboxylic acids is 1. The van der Waals surface area contributed by atoms with Gasteiger partial charge in [-0.05, 0) is 42.3 Å². The molecule has 0 aliphatic heterocycles. The van der Waals surface area contributed by atoms with Gasteiger partial charge in [-0.3, -0.25) is 4.79 Å². The molecule has 0 spiro atoms. The molecule has 0 aliphatic rings. The van der Waals surface area contributed by atoms with Crippen LogP contribution >= 0.6 is 0 Å². The molecule has 0 heterocycles. The fourth-order valence-electron chi connectivity index (χ4n) is 3.13. The van der Waals surface area contributed by atoms with Crippen molar-refractivity contribution >= 4 is 15.7 Å². The van der Waals surface area contributed by atoms with Crippen LogP contribution in [0.4, 0.5) is 0 Å². The van der Waals surface area contributed by atoms with E-state index < -0.39 is 15.4 Å². The fourth-order valence-corrected chi connectivity index (χ4v) is 4.02. The van der Waals surface area contributed by atoms with Crippen molar-refractivity contribution in [3.05, 3.63) is 102 Å². The number of hydrogen-bond acceptors (Lipinski definition) is 3. The lowest BCUT2D eigenvalue weighted by Gasteiger charge is -2.32. The largest absolute Gasteiger partial charge is 0.339 e. The third-order valence-electron chi connectivity index (χ3n) is 4.92. The van der Waals surface area contributed by atoms with E-state index in [2.05, 4.69) is 5.32 Å². The lowest BCUT2D eigenvalue weighted by molar-refractivity contribution is 0.0919. The third-order valence-corrected chi connectivity index (χ3v) is 6.67. The van der Waals surface area contributed by atoms with Gasteiger partial charge in [0.1, 0.15) is 0 Å². The molecular weight excluding hydrogens is 370 g/mol. The van der Waals surface area contributed by atoms with E-state index in [1.54, 1.807) is 19.1 Å². The van der Waals surface area contributed by atoms with E-state index in [-0.39, 0.29) is 16.6 Å². The summed E-state index contributed by atoms with van der Waals surface area (Å²) in [6.07, 6.45) is 0. The van der Waals surface area contributed by atoms with Gasteiger partial charge in [-0.2, -0.15) is 0 Å². The quantitative estimate of drug-likeness (QED) is 0.683. The highest BCUT2D eigenvalue weighted by atomic mass is 32.2. The van der Waals surface area contributed by atoms with E-state index in [9.17, 15) is 13.2 Å². The summed E-state index contributed by atoms with van der Waals surface area (Å²) in [6.45, 7) is 3.56. The molecule has 144 valence electrons. The molecule has 0 saturated heterocycles. The first-order valence-electron chi connectivity index (χ1n) is 9.13. The minimum Gasteiger partial charge on any atom is -0.339 e. The Morgan fingerprint density at radius 2 is 1.29 bits per heavy atom. The molecule has 0 unspecified atom stereocenters. The molecule has 0 aliphatic carbocycles. The Morgan fingerprint density at radius 3 is 1.71 bits per heavy atom. The maximum Gasteiger partial charge on any atom is 0.252 e. The smallest absolute Gasteiger partial charge is 0.252 e. The number of nitrogens with one attached hydrogen (secondary N) is 1. The summed E-state index contributed by atoms with van der Waals surface area (Å²) in [6, 6.07) is 25.6. The van der Waals surface area contributed by atoms with Crippen molar-refractivity contribution in [2.24, 2.45) is 0 Å². The van der Waals surface area contributed by atoms with Gasteiger partial charge in [-0.15, -0.1) is 0 Å². The fraction of sp³-hybridized carbons (Fsp3) is 0.174. The van der Waals surface area contributed by atoms with Crippen LogP contribution < -0.4 is 5.32 Å². The predicted molar refractivity (Wildman–Crippen MR) is 111 cm³/mol. The Morgan fingerprint density at radius 1 is 0.821 bits per heavy atom. The van der Waals surface area contributed by atoms with Gasteiger partial charge in [0.15, 0.2) is 9.84 Å². The van der Waals surface area contributed by atoms with Gasteiger partial charge < -0.3 is 5.32 Å². The van der Waals surface area contributed by atoms with Crippen LogP contribution in [0.25, 0.3) is 0 Å². The third kappa shape index (κ3) is 3.99. The highest BCUT2D eigenvalue weighted by Gasteiger charge is 2.31. The predicted octanol–water partition coefficient (Wildman–Crippen LogP) is 4.17. The number of hydrogen-bond donors (Lipinski definition) is 1. The van der Waals surface area contributed by atoms with Crippen molar-refractivity contribution < 1.29 is 13.2 Å². The molecule has 0 atom stereocenters. The minimum atomic E-state index is -3.29. The SMILES string of the molecule is CCS(=O)(=O)c1ccc(C(=O)NC(C)(c2ccccc2)c2ccccc2)cc1. The van der Waals surface area contributed by atoms with Gasteiger partial charge in [-0.1, -0.05) is 67.6 Å². The van der Waals surface area contributed by atoms with Gasteiger partial charge in [0.05, 0.1) is 16.2 Å². The Labute approximate surface area is 166 Å². The molecule has 1 amide bonds. The van der Waals surface area contributed by atoms with Crippen LogP contribution in [0.15, 0.2) is 89.8 Å². The maximum atomic E-state index is 13.0. The standard InChI is InChI=1S/C23H23NO3S/c1-3-28(26,27)21-16-14-18(15-17-21)22(25)24-23(2,19-10-6-4-7-11-19)20-12-8-5-9-13-20/h4-17H,3H2,1-2H3,(H,24,25). The van der Waals surface area contributed by atoms with Crippen molar-refractivity contribution in [2.45, 2.75) is 24.3 Å². The van der Waals surface area contributed by atoms with Crippen LogP contribution in [0.3, 0.4) is 0 Å². The molecule has 0 bridgehead atoms. The van der Waals surface area contributed by atoms with Gasteiger partial charge in [0, 0.05) is 5.56 Å². The number of rotatable bonds is 6. The van der Waals surface area contributed by atoms with Crippen molar-refractivity contribution in [1.29, 1.82) is 0 Å². The molecule has 0 radical (unpaired) electrons. The molecule has 3 rings (SSSR count). The highest BCUT2D eigenvalue weighted by molar-refractivity contribution is 7.91. The number of benzene rings is 3. The van der Waals surface area contributed by atoms with Gasteiger partial charge in [0.25, 0.3) is 5.91 Å². The Bertz CT molecular complexity index is 1000. The Hall–Kier alpha value is -2.92. The molecule has 0 fully saturated rings. The Kier molecular flexibility index (Phi) is 5.66. The van der Waals surface area contributed by atoms with E-state index in [1.165, 1.54) is 12.1 Å². The second kappa shape index (κ2) is 7.98. The summed E-state index contributed by atoms with van der Waals surface area (Å²) in [5.74, 6) is -0.241. The second-order valence-corrected chi connectivity index (χ2v) is 9.02. The topological polar surface area (TPSA) is 63.2 Å². The first kappa shape index (κ1) is 19.8. The van der Waals surface area contributed by atoms with Crippen molar-refractivity contribution in [3.63, 3.8) is 0 Å². The number of carbonyl (C=O) groups is 1. The van der Waals surface area contributed by atoms with Crippen LogP contribution in [-0.4, -0.2) is 20.1 Å². The molecule has 3 aromatic rings. The summed E-state index contributed by atoms with van der Waals surface area (Å²) < 4.78 is 24.0. The minimum absolute atomic E-state index is 0.0264. The van der Waals surface area contributed by atoms with E-state index >= 15 is 0 Å². The molecular formula is C23H23NO3S. The average Bonchev–Trinajstić information content (AvgIpc) is 2.75. The molecule has 28 heavy (non-hydrogen) atoms. The van der Waals surface area contributed by atoms with Crippen molar-refractivity contribution in [3.8, 4) is 0 Å². The lowest BCUT2D eigenvalue weighted by Crippen LogP contribution is -2.44. The van der Waals surface area contributed by atoms with Crippen molar-refractivity contribution in [1.82, 2.24) is 5.32 Å². The van der Waals surface area contributed by atoms with Crippen LogP contribution in [0.1, 0.15) is 35.3 Å². The normalized spacial score (nSPS) is 11.8. The average molecular weight is 394 g/mol. The highest BCUT2D eigenvalue weighted by Crippen LogP contribution is 2.29. The second-order valence-electron chi connectivity index (χ2n) is 6.74. The summed E-state index contributed by atoms with van der Waals surface area (Å²) in [5, 5.41) is 3.13. The van der Waals surface area contributed by atoms with Gasteiger partial charge in [-0.25, -0.2) is 8.42 Å². The summed E-state index contributed by atoms with van der Waals surface area (Å²) in [7, 11) is -3.29.